The number of primary amides is 1. The molecule has 1 heterocycles. The first kappa shape index (κ1) is 18.6. The maximum atomic E-state index is 12.9. The minimum Gasteiger partial charge on any atom is -0.436 e. The van der Waals surface area contributed by atoms with Crippen LogP contribution in [0.25, 0.3) is 0 Å². The molecule has 0 spiro atoms. The van der Waals surface area contributed by atoms with Gasteiger partial charge in [0.15, 0.2) is 5.60 Å². The quantitative estimate of drug-likeness (QED) is 0.841. The molecule has 6 heteroatoms. The van der Waals surface area contributed by atoms with Crippen molar-refractivity contribution in [2.24, 2.45) is 11.1 Å². The van der Waals surface area contributed by atoms with Crippen molar-refractivity contribution in [2.75, 3.05) is 6.54 Å². The summed E-state index contributed by atoms with van der Waals surface area (Å²) in [5.74, 6) is -0.818. The van der Waals surface area contributed by atoms with Crippen molar-refractivity contribution < 1.29 is 19.1 Å². The largest absolute Gasteiger partial charge is 0.436 e. The number of nitrogens with two attached hydrogens (primary N) is 1. The van der Waals surface area contributed by atoms with Gasteiger partial charge in [-0.2, -0.15) is 0 Å². The van der Waals surface area contributed by atoms with Crippen molar-refractivity contribution in [3.63, 3.8) is 0 Å². The highest BCUT2D eigenvalue weighted by Gasteiger charge is 2.51. The van der Waals surface area contributed by atoms with Crippen molar-refractivity contribution >= 4 is 17.9 Å². The zero-order valence-corrected chi connectivity index (χ0v) is 15.6. The second kappa shape index (κ2) is 6.54. The molecule has 6 nitrogen and oxygen atoms in total. The van der Waals surface area contributed by atoms with Crippen LogP contribution in [0.5, 0.6) is 0 Å². The van der Waals surface area contributed by atoms with E-state index in [0.717, 1.165) is 4.90 Å². The van der Waals surface area contributed by atoms with Crippen LogP contribution >= 0.6 is 0 Å². The summed E-state index contributed by atoms with van der Waals surface area (Å²) in [6, 6.07) is 15.7. The molecule has 0 aromatic heterocycles. The molecule has 0 saturated carbocycles. The van der Waals surface area contributed by atoms with Crippen molar-refractivity contribution in [3.8, 4) is 0 Å². The fourth-order valence-corrected chi connectivity index (χ4v) is 3.49. The lowest BCUT2D eigenvalue weighted by Gasteiger charge is -2.45. The fraction of sp³-hybridized carbons (Fsp3) is 0.286. The Morgan fingerprint density at radius 3 is 1.85 bits per heavy atom. The van der Waals surface area contributed by atoms with Gasteiger partial charge in [-0.1, -0.05) is 63.2 Å². The summed E-state index contributed by atoms with van der Waals surface area (Å²) in [5, 5.41) is 0. The number of hydrogen-bond donors (Lipinski definition) is 1. The van der Waals surface area contributed by atoms with E-state index in [1.54, 1.807) is 36.4 Å². The highest BCUT2D eigenvalue weighted by atomic mass is 16.6. The van der Waals surface area contributed by atoms with E-state index in [9.17, 15) is 14.4 Å². The Kier molecular flexibility index (Phi) is 4.51. The van der Waals surface area contributed by atoms with E-state index < -0.39 is 28.9 Å². The van der Waals surface area contributed by atoms with Gasteiger partial charge in [0.1, 0.15) is 0 Å². The van der Waals surface area contributed by atoms with Gasteiger partial charge in [0.05, 0.1) is 17.7 Å². The van der Waals surface area contributed by atoms with Crippen molar-refractivity contribution in [3.05, 3.63) is 71.3 Å². The maximum Gasteiger partial charge on any atom is 0.405 e. The molecular weight excluding hydrogens is 344 g/mol. The first-order valence-corrected chi connectivity index (χ1v) is 8.66. The van der Waals surface area contributed by atoms with Crippen molar-refractivity contribution in [2.45, 2.75) is 26.4 Å². The molecule has 0 aliphatic carbocycles. The number of benzene rings is 2. The van der Waals surface area contributed by atoms with Crippen LogP contribution in [0, 0.1) is 5.41 Å². The molecule has 0 unspecified atom stereocenters. The molecule has 1 aliphatic heterocycles. The van der Waals surface area contributed by atoms with E-state index in [1.807, 2.05) is 39.0 Å². The van der Waals surface area contributed by atoms with Crippen molar-refractivity contribution in [1.29, 1.82) is 0 Å². The first-order valence-electron chi connectivity index (χ1n) is 8.66. The molecule has 140 valence electrons. The van der Waals surface area contributed by atoms with Gasteiger partial charge in [-0.3, -0.25) is 14.5 Å². The predicted octanol–water partition coefficient (Wildman–Crippen LogP) is 3.32. The molecular formula is C21H22N2O4. The van der Waals surface area contributed by atoms with Gasteiger partial charge in [-0.05, 0) is 17.7 Å². The lowest BCUT2D eigenvalue weighted by Crippen LogP contribution is -2.54. The van der Waals surface area contributed by atoms with E-state index in [-0.39, 0.29) is 6.54 Å². The SMILES string of the molecule is CC(C)(C)[C@](CN1C(=O)c2ccccc2C1=O)(OC(N)=O)c1ccccc1. The summed E-state index contributed by atoms with van der Waals surface area (Å²) >= 11 is 0. The van der Waals surface area contributed by atoms with Gasteiger partial charge in [-0.25, -0.2) is 4.79 Å². The molecule has 0 radical (unpaired) electrons. The lowest BCUT2D eigenvalue weighted by molar-refractivity contribution is -0.0819. The van der Waals surface area contributed by atoms with Crippen LogP contribution < -0.4 is 5.73 Å². The Morgan fingerprint density at radius 2 is 1.41 bits per heavy atom. The van der Waals surface area contributed by atoms with Crippen LogP contribution in [0.3, 0.4) is 0 Å². The maximum absolute atomic E-state index is 12.9. The molecule has 3 rings (SSSR count). The van der Waals surface area contributed by atoms with Gasteiger partial charge in [-0.15, -0.1) is 0 Å². The van der Waals surface area contributed by atoms with Crippen LogP contribution in [0.15, 0.2) is 54.6 Å². The lowest BCUT2D eigenvalue weighted by atomic mass is 9.71. The third kappa shape index (κ3) is 3.07. The van der Waals surface area contributed by atoms with Crippen LogP contribution in [0.1, 0.15) is 47.1 Å². The van der Waals surface area contributed by atoms with Gasteiger partial charge < -0.3 is 10.5 Å². The Balaban J connectivity index is 2.11. The number of ether oxygens (including phenoxy) is 1. The molecule has 1 aliphatic rings. The Bertz CT molecular complexity index is 867. The number of imide groups is 1. The van der Waals surface area contributed by atoms with Gasteiger partial charge in [0.25, 0.3) is 11.8 Å². The second-order valence-electron chi connectivity index (χ2n) is 7.61. The van der Waals surface area contributed by atoms with Gasteiger partial charge in [0.2, 0.25) is 0 Å². The van der Waals surface area contributed by atoms with E-state index in [1.165, 1.54) is 0 Å². The average molecular weight is 366 g/mol. The standard InChI is InChI=1S/C21H22N2O4/c1-20(2,3)21(27-19(22)26,14-9-5-4-6-10-14)13-23-17(24)15-11-7-8-12-16(15)18(23)25/h4-12H,13H2,1-3H3,(H2,22,26)/t21-/m1/s1. The number of fused-ring (bicyclic) bond motifs is 1. The summed E-state index contributed by atoms with van der Waals surface area (Å²) in [4.78, 5) is 38.7. The average Bonchev–Trinajstić information content (AvgIpc) is 2.85. The minimum atomic E-state index is -1.30. The number of hydrogen-bond acceptors (Lipinski definition) is 4. The fourth-order valence-electron chi connectivity index (χ4n) is 3.49. The first-order chi connectivity index (χ1) is 12.7. The summed E-state index contributed by atoms with van der Waals surface area (Å²) in [6.07, 6.45) is -0.967. The van der Waals surface area contributed by atoms with E-state index in [4.69, 9.17) is 10.5 Å². The number of carbonyl (C=O) groups is 3. The van der Waals surface area contributed by atoms with Crippen LogP contribution in [0.4, 0.5) is 4.79 Å². The molecule has 2 N–H and O–H groups in total. The zero-order chi connectivity index (χ0) is 19.8. The number of nitrogens with zero attached hydrogens (tertiary/aromatic N) is 1. The Morgan fingerprint density at radius 1 is 0.926 bits per heavy atom. The molecule has 2 aromatic carbocycles. The minimum absolute atomic E-state index is 0.129. The van der Waals surface area contributed by atoms with Crippen LogP contribution in [-0.2, 0) is 10.3 Å². The normalized spacial score (nSPS) is 16.0. The van der Waals surface area contributed by atoms with Crippen molar-refractivity contribution in [1.82, 2.24) is 4.90 Å². The Labute approximate surface area is 157 Å². The number of amides is 3. The van der Waals surface area contributed by atoms with Crippen LogP contribution in [-0.4, -0.2) is 29.4 Å². The predicted molar refractivity (Wildman–Crippen MR) is 100 cm³/mol. The second-order valence-corrected chi connectivity index (χ2v) is 7.61. The van der Waals surface area contributed by atoms with E-state index in [0.29, 0.717) is 16.7 Å². The summed E-state index contributed by atoms with van der Waals surface area (Å²) in [6.45, 7) is 5.50. The van der Waals surface area contributed by atoms with Gasteiger partial charge in [0, 0.05) is 5.41 Å². The molecule has 0 fully saturated rings. The van der Waals surface area contributed by atoms with Crippen LogP contribution in [0.2, 0.25) is 0 Å². The van der Waals surface area contributed by atoms with E-state index >= 15 is 0 Å². The Hall–Kier alpha value is -3.15. The topological polar surface area (TPSA) is 89.7 Å². The molecule has 0 saturated heterocycles. The molecule has 2 aromatic rings. The smallest absolute Gasteiger partial charge is 0.405 e. The highest BCUT2D eigenvalue weighted by Crippen LogP contribution is 2.44. The monoisotopic (exact) mass is 366 g/mol. The number of rotatable bonds is 4. The molecule has 3 amide bonds. The third-order valence-corrected chi connectivity index (χ3v) is 4.99. The number of carbonyl (C=O) groups excluding carboxylic acids is 3. The summed E-state index contributed by atoms with van der Waals surface area (Å²) in [5.41, 5.74) is 4.79. The molecule has 1 atom stereocenters. The molecule has 27 heavy (non-hydrogen) atoms. The summed E-state index contributed by atoms with van der Waals surface area (Å²) in [7, 11) is 0. The zero-order valence-electron chi connectivity index (χ0n) is 15.6. The highest BCUT2D eigenvalue weighted by molar-refractivity contribution is 6.21. The van der Waals surface area contributed by atoms with E-state index in [2.05, 4.69) is 0 Å². The summed E-state index contributed by atoms with van der Waals surface area (Å²) < 4.78 is 5.64. The molecule has 0 bridgehead atoms. The third-order valence-electron chi connectivity index (χ3n) is 4.99. The van der Waals surface area contributed by atoms with Gasteiger partial charge >= 0.3 is 6.09 Å².